The molecule has 0 radical (unpaired) electrons. The summed E-state index contributed by atoms with van der Waals surface area (Å²) >= 11 is 1.44. The number of carbonyl (C=O) groups is 1. The van der Waals surface area contributed by atoms with Gasteiger partial charge in [-0.3, -0.25) is 4.57 Å². The molecule has 0 bridgehead atoms. The molecule has 44 heavy (non-hydrogen) atoms. The number of ether oxygens (including phenoxy) is 1. The zero-order valence-electron chi connectivity index (χ0n) is 24.4. The van der Waals surface area contributed by atoms with Crippen molar-refractivity contribution >= 4 is 17.4 Å². The molecule has 1 aliphatic carbocycles. The van der Waals surface area contributed by atoms with Crippen LogP contribution in [0.3, 0.4) is 0 Å². The Bertz CT molecular complexity index is 1880. The van der Waals surface area contributed by atoms with Crippen LogP contribution in [0.4, 0.5) is 18.0 Å². The van der Waals surface area contributed by atoms with Crippen LogP contribution in [-0.4, -0.2) is 37.8 Å². The molecule has 1 saturated carbocycles. The van der Waals surface area contributed by atoms with Gasteiger partial charge in [-0.25, -0.2) is 14.5 Å². The van der Waals surface area contributed by atoms with Crippen LogP contribution < -0.4 is 14.9 Å². The number of hydrogen-bond acceptors (Lipinski definition) is 5. The first kappa shape index (κ1) is 29.4. The third-order valence-corrected chi connectivity index (χ3v) is 8.40. The van der Waals surface area contributed by atoms with Gasteiger partial charge in [-0.1, -0.05) is 42.0 Å². The number of urea groups is 1. The number of nitrogens with zero attached hydrogens (tertiary/aromatic N) is 5. The van der Waals surface area contributed by atoms with E-state index in [0.717, 1.165) is 40.1 Å². The quantitative estimate of drug-likeness (QED) is 0.220. The Morgan fingerprint density at radius 2 is 1.70 bits per heavy atom. The van der Waals surface area contributed by atoms with Crippen molar-refractivity contribution in [2.24, 2.45) is 4.99 Å². The second-order valence-electron chi connectivity index (χ2n) is 10.9. The van der Waals surface area contributed by atoms with Crippen LogP contribution in [0.15, 0.2) is 77.4 Å². The average molecular weight is 619 g/mol. The van der Waals surface area contributed by atoms with Crippen molar-refractivity contribution < 1.29 is 22.7 Å². The summed E-state index contributed by atoms with van der Waals surface area (Å²) in [6.07, 6.45) is -2.43. The average Bonchev–Trinajstić information content (AvgIpc) is 3.36. The monoisotopic (exact) mass is 618 g/mol. The summed E-state index contributed by atoms with van der Waals surface area (Å²) in [5.41, 5.74) is 7.96. The smallest absolute Gasteiger partial charge is 0.406 e. The van der Waals surface area contributed by atoms with Gasteiger partial charge >= 0.3 is 12.4 Å². The van der Waals surface area contributed by atoms with Crippen molar-refractivity contribution in [3.05, 3.63) is 105 Å². The van der Waals surface area contributed by atoms with Gasteiger partial charge in [-0.05, 0) is 75.1 Å². The normalized spacial score (nSPS) is 16.7. The van der Waals surface area contributed by atoms with E-state index in [9.17, 15) is 18.0 Å². The Balaban J connectivity index is 1.10. The minimum Gasteiger partial charge on any atom is -0.406 e. The Morgan fingerprint density at radius 1 is 1.02 bits per heavy atom. The topological polar surface area (TPSA) is 86.3 Å². The molecule has 1 aliphatic rings. The number of aryl methyl sites for hydroxylation is 4. The van der Waals surface area contributed by atoms with Gasteiger partial charge < -0.3 is 10.1 Å². The first-order valence-corrected chi connectivity index (χ1v) is 14.8. The van der Waals surface area contributed by atoms with Crippen molar-refractivity contribution in [3.8, 4) is 28.5 Å². The molecule has 2 unspecified atom stereocenters. The van der Waals surface area contributed by atoms with Gasteiger partial charge in [0.2, 0.25) is 0 Å². The molecule has 2 atom stereocenters. The summed E-state index contributed by atoms with van der Waals surface area (Å²) in [5, 5.41) is 9.51. The van der Waals surface area contributed by atoms with Crippen LogP contribution in [0, 0.1) is 27.7 Å². The SMILES string of the molecule is Cc1cc(C)c(-n2c(C)csc2=NC(=O)NC2CC2c2ccc(-c3ncn(-c4ccc(OC(F)(F)F)cc4)n3)cc2)c(C)c1. The molecule has 6 rings (SSSR count). The number of halogens is 3. The lowest BCUT2D eigenvalue weighted by atomic mass is 10.0. The molecule has 12 heteroatoms. The molecule has 5 aromatic rings. The van der Waals surface area contributed by atoms with Crippen LogP contribution >= 0.6 is 11.3 Å². The Kier molecular flexibility index (Phi) is 7.62. The van der Waals surface area contributed by atoms with Gasteiger partial charge in [0.1, 0.15) is 12.1 Å². The van der Waals surface area contributed by atoms with Gasteiger partial charge in [-0.2, -0.15) is 4.99 Å². The summed E-state index contributed by atoms with van der Waals surface area (Å²) in [7, 11) is 0. The van der Waals surface area contributed by atoms with Gasteiger partial charge in [0.05, 0.1) is 11.4 Å². The van der Waals surface area contributed by atoms with Gasteiger partial charge in [0.15, 0.2) is 10.6 Å². The van der Waals surface area contributed by atoms with E-state index in [-0.39, 0.29) is 23.7 Å². The fourth-order valence-electron chi connectivity index (χ4n) is 5.47. The van der Waals surface area contributed by atoms with Crippen molar-refractivity contribution in [3.63, 3.8) is 0 Å². The summed E-state index contributed by atoms with van der Waals surface area (Å²) in [6.45, 7) is 8.23. The fourth-order valence-corrected chi connectivity index (χ4v) is 6.33. The van der Waals surface area contributed by atoms with Crippen molar-refractivity contribution in [2.45, 2.75) is 52.4 Å². The maximum atomic E-state index is 12.9. The third-order valence-electron chi connectivity index (χ3n) is 7.46. The first-order valence-electron chi connectivity index (χ1n) is 13.9. The maximum Gasteiger partial charge on any atom is 0.573 e. The highest BCUT2D eigenvalue weighted by molar-refractivity contribution is 7.07. The molecule has 0 aliphatic heterocycles. The fraction of sp³-hybridized carbons (Fsp3) is 0.250. The van der Waals surface area contributed by atoms with Gasteiger partial charge in [-0.15, -0.1) is 29.6 Å². The standard InChI is InChI=1S/C32H29F3N6O2S/c1-18-13-19(2)28(20(3)14-18)41-21(4)16-44-31(41)38-30(42)37-27-15-26(27)22-5-7-23(8-6-22)29-36-17-40(39-29)24-9-11-25(12-10-24)43-32(33,34)35/h5-14,16-17,26-27H,15H2,1-4H3,(H,37,42). The minimum atomic E-state index is -4.75. The molecular formula is C32H29F3N6O2S. The number of amides is 2. The zero-order chi connectivity index (χ0) is 31.2. The summed E-state index contributed by atoms with van der Waals surface area (Å²) in [6, 6.07) is 17.1. The maximum absolute atomic E-state index is 12.9. The molecule has 0 saturated heterocycles. The lowest BCUT2D eigenvalue weighted by molar-refractivity contribution is -0.274. The number of carbonyl (C=O) groups excluding carboxylic acids is 1. The van der Waals surface area contributed by atoms with E-state index >= 15 is 0 Å². The van der Waals surface area contributed by atoms with E-state index in [0.29, 0.717) is 16.3 Å². The van der Waals surface area contributed by atoms with Crippen LogP contribution in [0.2, 0.25) is 0 Å². The lowest BCUT2D eigenvalue weighted by Crippen LogP contribution is -2.27. The van der Waals surface area contributed by atoms with Crippen LogP contribution in [0.5, 0.6) is 5.75 Å². The third kappa shape index (κ3) is 6.30. The second-order valence-corrected chi connectivity index (χ2v) is 11.8. The second kappa shape index (κ2) is 11.4. The summed E-state index contributed by atoms with van der Waals surface area (Å²) in [5.74, 6) is 0.355. The lowest BCUT2D eigenvalue weighted by Gasteiger charge is -2.14. The number of hydrogen-bond donors (Lipinski definition) is 1. The molecule has 2 heterocycles. The Hall–Kier alpha value is -4.71. The van der Waals surface area contributed by atoms with E-state index in [1.54, 1.807) is 0 Å². The molecule has 2 aromatic heterocycles. The minimum absolute atomic E-state index is 0.00362. The number of thiazole rings is 1. The van der Waals surface area contributed by atoms with Crippen LogP contribution in [0.1, 0.15) is 40.3 Å². The Labute approximate surface area is 255 Å². The Morgan fingerprint density at radius 3 is 2.36 bits per heavy atom. The molecule has 0 spiro atoms. The number of nitrogens with one attached hydrogen (secondary N) is 1. The molecule has 2 amide bonds. The largest absolute Gasteiger partial charge is 0.573 e. The molecule has 1 N–H and O–H groups in total. The van der Waals surface area contributed by atoms with E-state index in [2.05, 4.69) is 58.0 Å². The van der Waals surface area contributed by atoms with E-state index in [1.807, 2.05) is 41.1 Å². The van der Waals surface area contributed by atoms with Crippen LogP contribution in [0.25, 0.3) is 22.8 Å². The van der Waals surface area contributed by atoms with Gasteiger partial charge in [0, 0.05) is 28.6 Å². The predicted molar refractivity (Wildman–Crippen MR) is 161 cm³/mol. The number of rotatable bonds is 6. The molecule has 1 fully saturated rings. The molecule has 8 nitrogen and oxygen atoms in total. The molecule has 3 aromatic carbocycles. The number of alkyl halides is 3. The van der Waals surface area contributed by atoms with Crippen molar-refractivity contribution in [2.75, 3.05) is 0 Å². The van der Waals surface area contributed by atoms with Crippen LogP contribution in [-0.2, 0) is 0 Å². The first-order chi connectivity index (χ1) is 20.9. The van der Waals surface area contributed by atoms with E-state index in [1.165, 1.54) is 52.2 Å². The van der Waals surface area contributed by atoms with E-state index in [4.69, 9.17) is 0 Å². The molecule has 226 valence electrons. The summed E-state index contributed by atoms with van der Waals surface area (Å²) in [4.78, 5) is 22.3. The highest BCUT2D eigenvalue weighted by Crippen LogP contribution is 2.41. The van der Waals surface area contributed by atoms with Crippen molar-refractivity contribution in [1.29, 1.82) is 0 Å². The highest BCUT2D eigenvalue weighted by atomic mass is 32.1. The van der Waals surface area contributed by atoms with E-state index < -0.39 is 6.36 Å². The summed E-state index contributed by atoms with van der Waals surface area (Å²) < 4.78 is 44.7. The number of aromatic nitrogens is 4. The molecular weight excluding hydrogens is 589 g/mol. The number of benzene rings is 3. The van der Waals surface area contributed by atoms with Crippen molar-refractivity contribution in [1.82, 2.24) is 24.6 Å². The highest BCUT2D eigenvalue weighted by Gasteiger charge is 2.39. The van der Waals surface area contributed by atoms with Gasteiger partial charge in [0.25, 0.3) is 0 Å². The predicted octanol–water partition coefficient (Wildman–Crippen LogP) is 7.09. The zero-order valence-corrected chi connectivity index (χ0v) is 25.2.